The topological polar surface area (TPSA) is 38.1 Å². The van der Waals surface area contributed by atoms with Gasteiger partial charge in [0.25, 0.3) is 5.91 Å². The number of carbonyl (C=O) groups excluding carboxylic acids is 1. The smallest absolute Gasteiger partial charge is 0.257 e. The van der Waals surface area contributed by atoms with Crippen molar-refractivity contribution in [3.8, 4) is 0 Å². The lowest BCUT2D eigenvalue weighted by Crippen LogP contribution is -2.67. The molecule has 22 heavy (non-hydrogen) atoms. The van der Waals surface area contributed by atoms with Gasteiger partial charge in [0.05, 0.1) is 11.3 Å². The van der Waals surface area contributed by atoms with Crippen molar-refractivity contribution >= 4 is 5.91 Å². The van der Waals surface area contributed by atoms with Gasteiger partial charge in [0.2, 0.25) is 0 Å². The maximum atomic E-state index is 13.1. The Morgan fingerprint density at radius 2 is 2.00 bits per heavy atom. The number of carbonyl (C=O) groups is 1. The molecular formula is C18H27N3O. The average molecular weight is 301 g/mol. The highest BCUT2D eigenvalue weighted by Gasteiger charge is 2.56. The van der Waals surface area contributed by atoms with Crippen LogP contribution in [0, 0.1) is 11.3 Å². The van der Waals surface area contributed by atoms with Gasteiger partial charge in [-0.1, -0.05) is 26.7 Å². The summed E-state index contributed by atoms with van der Waals surface area (Å²) >= 11 is 0. The molecule has 1 spiro atoms. The van der Waals surface area contributed by atoms with Crippen molar-refractivity contribution in [1.29, 1.82) is 0 Å². The molecule has 3 aliphatic rings. The van der Waals surface area contributed by atoms with Gasteiger partial charge in [-0.3, -0.25) is 9.48 Å². The van der Waals surface area contributed by atoms with Crippen LogP contribution in [-0.4, -0.2) is 33.2 Å². The Labute approximate surface area is 132 Å². The van der Waals surface area contributed by atoms with Crippen molar-refractivity contribution < 1.29 is 4.79 Å². The largest absolute Gasteiger partial charge is 0.334 e. The van der Waals surface area contributed by atoms with E-state index in [4.69, 9.17) is 0 Å². The highest BCUT2D eigenvalue weighted by atomic mass is 16.2. The van der Waals surface area contributed by atoms with Gasteiger partial charge in [0.1, 0.15) is 0 Å². The van der Waals surface area contributed by atoms with Crippen LogP contribution in [0.4, 0.5) is 0 Å². The van der Waals surface area contributed by atoms with Crippen LogP contribution in [0.2, 0.25) is 0 Å². The van der Waals surface area contributed by atoms with Crippen LogP contribution in [0.25, 0.3) is 0 Å². The summed E-state index contributed by atoms with van der Waals surface area (Å²) in [7, 11) is 1.93. The number of amides is 1. The van der Waals surface area contributed by atoms with Gasteiger partial charge in [-0.15, -0.1) is 0 Å². The fourth-order valence-electron chi connectivity index (χ4n) is 5.03. The van der Waals surface area contributed by atoms with E-state index in [-0.39, 0.29) is 5.91 Å². The van der Waals surface area contributed by atoms with Crippen molar-refractivity contribution in [3.63, 3.8) is 0 Å². The maximum absolute atomic E-state index is 13.1. The van der Waals surface area contributed by atoms with E-state index in [1.54, 1.807) is 0 Å². The van der Waals surface area contributed by atoms with Gasteiger partial charge >= 0.3 is 0 Å². The molecule has 1 atom stereocenters. The summed E-state index contributed by atoms with van der Waals surface area (Å²) < 4.78 is 1.82. The van der Waals surface area contributed by atoms with Crippen LogP contribution in [0.5, 0.6) is 0 Å². The Kier molecular flexibility index (Phi) is 3.14. The quantitative estimate of drug-likeness (QED) is 0.859. The molecule has 120 valence electrons. The standard InChI is InChI=1S/C18H27N3O/c1-12(2)16-18(8-4-5-9-18)11-21(16)17(22)14-10-20(3)19-15(14)13-6-7-13/h10,12-13,16H,4-9,11H2,1-3H3. The summed E-state index contributed by atoms with van der Waals surface area (Å²) in [5, 5.41) is 4.56. The van der Waals surface area contributed by atoms with E-state index in [0.29, 0.717) is 23.3 Å². The van der Waals surface area contributed by atoms with Crippen LogP contribution in [0.3, 0.4) is 0 Å². The number of rotatable bonds is 3. The lowest BCUT2D eigenvalue weighted by atomic mass is 9.65. The van der Waals surface area contributed by atoms with E-state index in [9.17, 15) is 4.79 Å². The first kappa shape index (κ1) is 14.3. The molecule has 4 nitrogen and oxygen atoms in total. The summed E-state index contributed by atoms with van der Waals surface area (Å²) in [4.78, 5) is 15.3. The third kappa shape index (κ3) is 2.03. The molecule has 1 amide bonds. The Hall–Kier alpha value is -1.32. The number of nitrogens with zero attached hydrogens (tertiary/aromatic N) is 3. The first-order valence-corrected chi connectivity index (χ1v) is 8.86. The van der Waals surface area contributed by atoms with Crippen LogP contribution < -0.4 is 0 Å². The number of aryl methyl sites for hydroxylation is 1. The average Bonchev–Trinajstić information content (AvgIpc) is 3.02. The highest BCUT2D eigenvalue weighted by Crippen LogP contribution is 2.53. The van der Waals surface area contributed by atoms with Gasteiger partial charge in [-0.25, -0.2) is 0 Å². The highest BCUT2D eigenvalue weighted by molar-refractivity contribution is 5.96. The van der Waals surface area contributed by atoms with Gasteiger partial charge in [0.15, 0.2) is 0 Å². The molecule has 1 saturated heterocycles. The molecule has 4 rings (SSSR count). The van der Waals surface area contributed by atoms with E-state index >= 15 is 0 Å². The minimum atomic E-state index is 0.228. The van der Waals surface area contributed by atoms with E-state index < -0.39 is 0 Å². The second-order valence-electron chi connectivity index (χ2n) is 8.07. The third-order valence-electron chi connectivity index (χ3n) is 5.99. The maximum Gasteiger partial charge on any atom is 0.257 e. The van der Waals surface area contributed by atoms with Gasteiger partial charge in [-0.2, -0.15) is 5.10 Å². The van der Waals surface area contributed by atoms with Crippen LogP contribution in [0.1, 0.15) is 74.3 Å². The Bertz CT molecular complexity index is 593. The van der Waals surface area contributed by atoms with Crippen LogP contribution >= 0.6 is 0 Å². The van der Waals surface area contributed by atoms with Crippen molar-refractivity contribution in [2.45, 2.75) is 64.3 Å². The molecule has 0 N–H and O–H groups in total. The van der Waals surface area contributed by atoms with Crippen molar-refractivity contribution in [1.82, 2.24) is 14.7 Å². The molecule has 2 saturated carbocycles. The number of aromatic nitrogens is 2. The molecule has 1 aliphatic heterocycles. The Morgan fingerprint density at radius 3 is 2.59 bits per heavy atom. The third-order valence-corrected chi connectivity index (χ3v) is 5.99. The molecule has 1 aromatic heterocycles. The summed E-state index contributed by atoms with van der Waals surface area (Å²) in [6.07, 6.45) is 9.61. The molecular weight excluding hydrogens is 274 g/mol. The SMILES string of the molecule is CC(C)C1N(C(=O)c2cn(C)nc2C2CC2)CC12CCCC2. The van der Waals surface area contributed by atoms with Crippen LogP contribution in [0.15, 0.2) is 6.20 Å². The molecule has 2 aliphatic carbocycles. The zero-order valence-corrected chi connectivity index (χ0v) is 14.0. The first-order chi connectivity index (χ1) is 10.5. The Balaban J connectivity index is 1.60. The monoisotopic (exact) mass is 301 g/mol. The predicted molar refractivity (Wildman–Crippen MR) is 85.7 cm³/mol. The van der Waals surface area contributed by atoms with E-state index in [1.807, 2.05) is 17.9 Å². The second-order valence-corrected chi connectivity index (χ2v) is 8.07. The van der Waals surface area contributed by atoms with Gasteiger partial charge in [0, 0.05) is 37.2 Å². The second kappa shape index (κ2) is 4.84. The molecule has 3 fully saturated rings. The zero-order valence-electron chi connectivity index (χ0n) is 14.0. The van der Waals surface area contributed by atoms with Gasteiger partial charge < -0.3 is 4.90 Å². The van der Waals surface area contributed by atoms with E-state index in [2.05, 4.69) is 23.8 Å². The fourth-order valence-corrected chi connectivity index (χ4v) is 5.03. The lowest BCUT2D eigenvalue weighted by Gasteiger charge is -2.58. The molecule has 1 aromatic rings. The molecule has 0 aromatic carbocycles. The summed E-state index contributed by atoms with van der Waals surface area (Å²) in [5.74, 6) is 1.29. The Morgan fingerprint density at radius 1 is 1.32 bits per heavy atom. The minimum Gasteiger partial charge on any atom is -0.334 e. The van der Waals surface area contributed by atoms with Crippen LogP contribution in [-0.2, 0) is 7.05 Å². The van der Waals surface area contributed by atoms with E-state index in [0.717, 1.165) is 17.8 Å². The normalized spacial score (nSPS) is 26.7. The summed E-state index contributed by atoms with van der Waals surface area (Å²) in [5.41, 5.74) is 2.33. The first-order valence-electron chi connectivity index (χ1n) is 8.86. The number of likely N-dealkylation sites (tertiary alicyclic amines) is 1. The van der Waals surface area contributed by atoms with Gasteiger partial charge in [-0.05, 0) is 31.6 Å². The summed E-state index contributed by atoms with van der Waals surface area (Å²) in [6.45, 7) is 5.51. The minimum absolute atomic E-state index is 0.228. The fraction of sp³-hybridized carbons (Fsp3) is 0.778. The lowest BCUT2D eigenvalue weighted by molar-refractivity contribution is -0.0702. The van der Waals surface area contributed by atoms with E-state index in [1.165, 1.54) is 38.5 Å². The summed E-state index contributed by atoms with van der Waals surface area (Å²) in [6, 6.07) is 0.426. The molecule has 2 heterocycles. The van der Waals surface area contributed by atoms with Crippen molar-refractivity contribution in [2.75, 3.05) is 6.54 Å². The molecule has 0 radical (unpaired) electrons. The number of hydrogen-bond acceptors (Lipinski definition) is 2. The molecule has 1 unspecified atom stereocenters. The van der Waals surface area contributed by atoms with Crippen molar-refractivity contribution in [3.05, 3.63) is 17.5 Å². The molecule has 0 bridgehead atoms. The van der Waals surface area contributed by atoms with Crippen molar-refractivity contribution in [2.24, 2.45) is 18.4 Å². The number of hydrogen-bond donors (Lipinski definition) is 0. The zero-order chi connectivity index (χ0) is 15.5. The molecule has 4 heteroatoms. The predicted octanol–water partition coefficient (Wildman–Crippen LogP) is 3.34.